The molecule has 0 aliphatic rings. The van der Waals surface area contributed by atoms with Crippen molar-refractivity contribution in [2.45, 2.75) is 72.3 Å². The van der Waals surface area contributed by atoms with E-state index in [-0.39, 0.29) is 70.2 Å². The predicted octanol–water partition coefficient (Wildman–Crippen LogP) is 4.23. The number of benzene rings is 2. The van der Waals surface area contributed by atoms with Gasteiger partial charge in [0.2, 0.25) is 0 Å². The maximum Gasteiger partial charge on any atom is 0.264 e. The molecule has 0 fully saturated rings. The van der Waals surface area contributed by atoms with E-state index in [1.54, 1.807) is 26.2 Å². The maximum atomic E-state index is 14.1. The number of aromatic nitrogens is 4. The molecule has 0 spiro atoms. The molecular formula is C45H52N8O10S2. The Hall–Kier alpha value is -6.22. The second-order valence-corrected chi connectivity index (χ2v) is 19.3. The van der Waals surface area contributed by atoms with Gasteiger partial charge in [-0.05, 0) is 70.2 Å². The van der Waals surface area contributed by atoms with E-state index in [9.17, 15) is 36.0 Å². The number of hydrogen-bond acceptors (Lipinski definition) is 14. The minimum atomic E-state index is -3.77. The van der Waals surface area contributed by atoms with Crippen molar-refractivity contribution >= 4 is 87.1 Å². The van der Waals surface area contributed by atoms with Gasteiger partial charge in [0, 0.05) is 61.8 Å². The van der Waals surface area contributed by atoms with Crippen LogP contribution in [0.25, 0.3) is 43.6 Å². The van der Waals surface area contributed by atoms with E-state index in [1.807, 2.05) is 50.2 Å². The lowest BCUT2D eigenvalue weighted by Gasteiger charge is -2.16. The second kappa shape index (κ2) is 19.9. The van der Waals surface area contributed by atoms with Crippen LogP contribution in [0.5, 0.6) is 0 Å². The molecule has 0 radical (unpaired) electrons. The van der Waals surface area contributed by atoms with Gasteiger partial charge in [-0.2, -0.15) is 16.8 Å². The van der Waals surface area contributed by atoms with Crippen molar-refractivity contribution in [1.29, 1.82) is 0 Å². The van der Waals surface area contributed by atoms with Crippen molar-refractivity contribution in [2.24, 2.45) is 9.98 Å². The first kappa shape index (κ1) is 48.2. The molecule has 4 heterocycles. The molecule has 2 atom stereocenters. The molecule has 6 aromatic rings. The summed E-state index contributed by atoms with van der Waals surface area (Å²) in [6.45, 7) is 6.61. The Kier molecular flexibility index (Phi) is 14.8. The van der Waals surface area contributed by atoms with Crippen LogP contribution in [0.15, 0.2) is 80.5 Å². The van der Waals surface area contributed by atoms with Gasteiger partial charge in [0.25, 0.3) is 43.2 Å². The van der Waals surface area contributed by atoms with E-state index in [0.29, 0.717) is 41.7 Å². The molecule has 20 heteroatoms. The number of fused-ring (bicyclic) bond motifs is 4. The highest BCUT2D eigenvalue weighted by Crippen LogP contribution is 2.25. The van der Waals surface area contributed by atoms with Gasteiger partial charge >= 0.3 is 0 Å². The molecule has 6 rings (SSSR count). The number of aryl methyl sites for hydroxylation is 2. The minimum Gasteiger partial charge on any atom is -0.349 e. The number of nitrogens with one attached hydrogen (secondary N) is 2. The predicted molar refractivity (Wildman–Crippen MR) is 253 cm³/mol. The van der Waals surface area contributed by atoms with E-state index in [4.69, 9.17) is 18.3 Å². The molecule has 2 unspecified atom stereocenters. The zero-order chi connectivity index (χ0) is 47.4. The van der Waals surface area contributed by atoms with Gasteiger partial charge in [-0.3, -0.25) is 37.5 Å². The summed E-state index contributed by atoms with van der Waals surface area (Å²) in [7, 11) is -4.32. The molecule has 18 nitrogen and oxygen atoms in total. The molecule has 0 saturated heterocycles. The lowest BCUT2D eigenvalue weighted by Crippen LogP contribution is -2.35. The van der Waals surface area contributed by atoms with Gasteiger partial charge in [0.05, 0.1) is 81.8 Å². The van der Waals surface area contributed by atoms with E-state index in [1.165, 1.54) is 35.4 Å². The van der Waals surface area contributed by atoms with Crippen molar-refractivity contribution in [3.8, 4) is 0 Å². The summed E-state index contributed by atoms with van der Waals surface area (Å²) in [4.78, 5) is 74.1. The average Bonchev–Trinajstić information content (AvgIpc) is 3.23. The van der Waals surface area contributed by atoms with Gasteiger partial charge in [0.15, 0.2) is 0 Å². The number of hydrogen-bond donors (Lipinski definition) is 2. The van der Waals surface area contributed by atoms with Crippen LogP contribution in [0.3, 0.4) is 0 Å². The monoisotopic (exact) mass is 928 g/mol. The first-order valence-corrected chi connectivity index (χ1v) is 24.4. The molecule has 2 N–H and O–H groups in total. The molecule has 344 valence electrons. The molecular weight excluding hydrogens is 877 g/mol. The zero-order valence-corrected chi connectivity index (χ0v) is 39.1. The number of carbonyl (C=O) groups is 2. The van der Waals surface area contributed by atoms with Crippen LogP contribution in [0.4, 0.5) is 0 Å². The zero-order valence-electron chi connectivity index (χ0n) is 37.5. The van der Waals surface area contributed by atoms with Crippen LogP contribution in [0, 0.1) is 13.8 Å². The number of carbonyl (C=O) groups excluding carboxylic acids is 2. The molecule has 4 aromatic heterocycles. The molecule has 0 bridgehead atoms. The number of pyridine rings is 4. The van der Waals surface area contributed by atoms with Gasteiger partial charge in [-0.15, -0.1) is 0 Å². The Morgan fingerprint density at radius 2 is 1.05 bits per heavy atom. The summed E-state index contributed by atoms with van der Waals surface area (Å²) in [5.74, 6) is -1.16. The summed E-state index contributed by atoms with van der Waals surface area (Å²) in [6, 6.07) is 14.6. The first-order chi connectivity index (χ1) is 30.7. The van der Waals surface area contributed by atoms with Crippen molar-refractivity contribution in [2.75, 3.05) is 39.7 Å². The highest BCUT2D eigenvalue weighted by Gasteiger charge is 2.22. The van der Waals surface area contributed by atoms with Gasteiger partial charge in [0.1, 0.15) is 0 Å². The van der Waals surface area contributed by atoms with Crippen LogP contribution in [0.1, 0.15) is 65.0 Å². The Bertz CT molecular complexity index is 3050. The Balaban J connectivity index is 1.24. The fourth-order valence-corrected chi connectivity index (χ4v) is 8.93. The Labute approximate surface area is 376 Å². The lowest BCUT2D eigenvalue weighted by molar-refractivity contribution is 0.0927. The molecule has 2 aromatic carbocycles. The number of aliphatic imine (C=N–C) groups is 2. The largest absolute Gasteiger partial charge is 0.349 e. The van der Waals surface area contributed by atoms with Crippen molar-refractivity contribution in [3.05, 3.63) is 104 Å². The molecule has 0 aliphatic heterocycles. The van der Waals surface area contributed by atoms with Crippen LogP contribution in [-0.2, 0) is 41.7 Å². The van der Waals surface area contributed by atoms with Gasteiger partial charge in [-0.1, -0.05) is 36.4 Å². The molecule has 2 amide bonds. The topological polar surface area (TPSA) is 239 Å². The van der Waals surface area contributed by atoms with E-state index < -0.39 is 44.3 Å². The smallest absolute Gasteiger partial charge is 0.264 e. The maximum absolute atomic E-state index is 14.1. The van der Waals surface area contributed by atoms with E-state index >= 15 is 0 Å². The highest BCUT2D eigenvalue weighted by atomic mass is 32.2. The van der Waals surface area contributed by atoms with Crippen LogP contribution >= 0.6 is 0 Å². The van der Waals surface area contributed by atoms with E-state index in [2.05, 4.69) is 20.6 Å². The quantitative estimate of drug-likeness (QED) is 0.0700. The first-order valence-electron chi connectivity index (χ1n) is 20.7. The molecule has 0 saturated carbocycles. The third kappa shape index (κ3) is 11.7. The normalized spacial score (nSPS) is 13.7. The number of para-hydroxylation sites is 2. The van der Waals surface area contributed by atoms with Crippen LogP contribution in [-0.4, -0.2) is 111 Å². The number of amides is 2. The number of nitrogens with zero attached hydrogens (tertiary/aromatic N) is 6. The summed E-state index contributed by atoms with van der Waals surface area (Å²) >= 11 is 0. The fraction of sp³-hybridized carbons (Fsp3) is 0.378. The fourth-order valence-electron chi connectivity index (χ4n) is 7.60. The molecule has 65 heavy (non-hydrogen) atoms. The summed E-state index contributed by atoms with van der Waals surface area (Å²) in [6.07, 6.45) is 4.34. The Morgan fingerprint density at radius 3 is 1.40 bits per heavy atom. The third-order valence-electron chi connectivity index (χ3n) is 10.7. The van der Waals surface area contributed by atoms with Crippen molar-refractivity contribution in [3.63, 3.8) is 0 Å². The second-order valence-electron chi connectivity index (χ2n) is 16.1. The van der Waals surface area contributed by atoms with Crippen LogP contribution < -0.4 is 21.8 Å². The number of rotatable bonds is 18. The Morgan fingerprint density at radius 1 is 0.662 bits per heavy atom. The lowest BCUT2D eigenvalue weighted by atomic mass is 10.1. The summed E-state index contributed by atoms with van der Waals surface area (Å²) in [5.41, 5.74) is 4.07. The third-order valence-corrected chi connectivity index (χ3v) is 12.1. The minimum absolute atomic E-state index is 0.0421. The summed E-state index contributed by atoms with van der Waals surface area (Å²) in [5, 5.41) is 7.30. The SMILES string of the molecule is CN=C(CCCC(Cn1cc(C(=O)NCC(C)OS(C)(=O)=O)c2nc3c(C)cccc3cc2c1=O)=NC)Cn1cc(C(=O)NCC(C)OS(C)(=O)=O)c2nc3c(C)cccc3cc2c1=O. The van der Waals surface area contributed by atoms with Crippen LogP contribution in [0.2, 0.25) is 0 Å². The molecule has 0 aliphatic carbocycles. The standard InChI is InChI=1S/C45H52N8O10S2/c1-26-12-9-14-30-18-34-40(50-38(26)30)36(42(54)48-20-28(3)62-64(7,58)59)24-52(44(34)56)22-32(46-5)16-11-17-33(47-6)23-53-25-37(43(55)49-21-29(4)63-65(8,60)61)41-35(45(53)57)19-31-15-10-13-27(2)39(31)51-41/h9-10,12-15,18-19,24-25,28-29H,11,16-17,20-23H2,1-8H3,(H,48,54)(H,49,55). The highest BCUT2D eigenvalue weighted by molar-refractivity contribution is 7.86. The summed E-state index contributed by atoms with van der Waals surface area (Å²) < 4.78 is 59.5. The average molecular weight is 929 g/mol. The van der Waals surface area contributed by atoms with Gasteiger partial charge in [-0.25, -0.2) is 9.97 Å². The van der Waals surface area contributed by atoms with E-state index in [0.717, 1.165) is 34.4 Å². The van der Waals surface area contributed by atoms with Crippen molar-refractivity contribution < 1.29 is 34.8 Å². The van der Waals surface area contributed by atoms with Crippen molar-refractivity contribution in [1.82, 2.24) is 29.7 Å². The van der Waals surface area contributed by atoms with Gasteiger partial charge < -0.3 is 19.8 Å².